The van der Waals surface area contributed by atoms with Crippen LogP contribution in [0.25, 0.3) is 5.57 Å². The molecule has 1 aliphatic carbocycles. The Morgan fingerprint density at radius 2 is 2.21 bits per heavy atom. The standard InChI is InChI=1S/C10H6BrClO2/c11-8-4-7-5(3-9(8)12)1-2-6(7)10(13)14/h2-4H,1H2,(H,13,14). The molecule has 1 aromatic rings. The van der Waals surface area contributed by atoms with Gasteiger partial charge in [-0.1, -0.05) is 17.7 Å². The summed E-state index contributed by atoms with van der Waals surface area (Å²) in [6, 6.07) is 3.55. The van der Waals surface area contributed by atoms with Crippen LogP contribution in [-0.2, 0) is 11.2 Å². The highest BCUT2D eigenvalue weighted by molar-refractivity contribution is 9.10. The molecule has 0 radical (unpaired) electrons. The number of carboxylic acids is 1. The van der Waals surface area contributed by atoms with Crippen molar-refractivity contribution in [3.63, 3.8) is 0 Å². The minimum absolute atomic E-state index is 0.359. The number of benzene rings is 1. The summed E-state index contributed by atoms with van der Waals surface area (Å²) < 4.78 is 0.729. The fraction of sp³-hybridized carbons (Fsp3) is 0.100. The van der Waals surface area contributed by atoms with Gasteiger partial charge in [0.05, 0.1) is 10.6 Å². The molecule has 0 atom stereocenters. The van der Waals surface area contributed by atoms with Gasteiger partial charge >= 0.3 is 5.97 Å². The lowest BCUT2D eigenvalue weighted by Gasteiger charge is -2.04. The molecule has 1 aliphatic rings. The SMILES string of the molecule is O=C(O)C1=CCc2cc(Cl)c(Br)cc21. The molecular weight excluding hydrogens is 267 g/mol. The van der Waals surface area contributed by atoms with E-state index < -0.39 is 5.97 Å². The van der Waals surface area contributed by atoms with Crippen LogP contribution in [-0.4, -0.2) is 11.1 Å². The molecule has 0 aliphatic heterocycles. The van der Waals surface area contributed by atoms with Crippen LogP contribution in [0, 0.1) is 0 Å². The average Bonchev–Trinajstić information content (AvgIpc) is 2.48. The molecule has 0 unspecified atom stereocenters. The number of halogens is 2. The third-order valence-electron chi connectivity index (χ3n) is 2.19. The summed E-state index contributed by atoms with van der Waals surface area (Å²) in [7, 11) is 0. The molecule has 14 heavy (non-hydrogen) atoms. The molecule has 0 saturated heterocycles. The van der Waals surface area contributed by atoms with Crippen molar-refractivity contribution in [2.24, 2.45) is 0 Å². The fourth-order valence-corrected chi connectivity index (χ4v) is 2.06. The van der Waals surface area contributed by atoms with Crippen LogP contribution in [0.4, 0.5) is 0 Å². The molecule has 0 aromatic heterocycles. The number of hydrogen-bond acceptors (Lipinski definition) is 1. The van der Waals surface area contributed by atoms with E-state index in [-0.39, 0.29) is 0 Å². The number of fused-ring (bicyclic) bond motifs is 1. The number of allylic oxidation sites excluding steroid dienone is 1. The Balaban J connectivity index is 2.57. The highest BCUT2D eigenvalue weighted by Gasteiger charge is 2.20. The summed E-state index contributed by atoms with van der Waals surface area (Å²) in [5.74, 6) is -0.891. The molecule has 0 heterocycles. The zero-order valence-corrected chi connectivity index (χ0v) is 9.39. The van der Waals surface area contributed by atoms with E-state index in [1.165, 1.54) is 0 Å². The predicted octanol–water partition coefficient (Wildman–Crippen LogP) is 3.13. The van der Waals surface area contributed by atoms with E-state index in [0.29, 0.717) is 17.0 Å². The number of hydrogen-bond donors (Lipinski definition) is 1. The molecule has 2 nitrogen and oxygen atoms in total. The maximum atomic E-state index is 10.8. The molecule has 0 amide bonds. The zero-order chi connectivity index (χ0) is 10.3. The van der Waals surface area contributed by atoms with Gasteiger partial charge < -0.3 is 5.11 Å². The van der Waals surface area contributed by atoms with Gasteiger partial charge in [0.15, 0.2) is 0 Å². The highest BCUT2D eigenvalue weighted by atomic mass is 79.9. The van der Waals surface area contributed by atoms with Crippen molar-refractivity contribution < 1.29 is 9.90 Å². The lowest BCUT2D eigenvalue weighted by molar-refractivity contribution is -0.130. The Labute approximate surface area is 94.3 Å². The van der Waals surface area contributed by atoms with Gasteiger partial charge in [-0.2, -0.15) is 0 Å². The van der Waals surface area contributed by atoms with E-state index in [2.05, 4.69) is 15.9 Å². The summed E-state index contributed by atoms with van der Waals surface area (Å²) in [6.07, 6.45) is 2.35. The first-order valence-corrected chi connectivity index (χ1v) is 5.18. The second-order valence-electron chi connectivity index (χ2n) is 3.05. The molecule has 0 spiro atoms. The fourth-order valence-electron chi connectivity index (χ4n) is 1.53. The zero-order valence-electron chi connectivity index (χ0n) is 7.05. The van der Waals surface area contributed by atoms with Gasteiger partial charge in [-0.3, -0.25) is 0 Å². The van der Waals surface area contributed by atoms with Gasteiger partial charge in [-0.05, 0) is 45.6 Å². The van der Waals surface area contributed by atoms with Crippen molar-refractivity contribution in [2.45, 2.75) is 6.42 Å². The summed E-state index contributed by atoms with van der Waals surface area (Å²) in [6.45, 7) is 0. The van der Waals surface area contributed by atoms with Crippen molar-refractivity contribution in [1.82, 2.24) is 0 Å². The molecule has 4 heteroatoms. The van der Waals surface area contributed by atoms with Crippen LogP contribution >= 0.6 is 27.5 Å². The Morgan fingerprint density at radius 3 is 2.86 bits per heavy atom. The minimum Gasteiger partial charge on any atom is -0.478 e. The van der Waals surface area contributed by atoms with Crippen LogP contribution in [0.2, 0.25) is 5.02 Å². The van der Waals surface area contributed by atoms with Crippen LogP contribution in [0.15, 0.2) is 22.7 Å². The van der Waals surface area contributed by atoms with Crippen LogP contribution in [0.5, 0.6) is 0 Å². The first-order chi connectivity index (χ1) is 6.59. The number of carboxylic acid groups (broad SMARTS) is 1. The lowest BCUT2D eigenvalue weighted by Crippen LogP contribution is -1.97. The Kier molecular flexibility index (Phi) is 2.37. The monoisotopic (exact) mass is 272 g/mol. The van der Waals surface area contributed by atoms with E-state index in [4.69, 9.17) is 16.7 Å². The van der Waals surface area contributed by atoms with Gasteiger partial charge in [0.1, 0.15) is 0 Å². The lowest BCUT2D eigenvalue weighted by atomic mass is 10.1. The van der Waals surface area contributed by atoms with Crippen molar-refractivity contribution >= 4 is 39.1 Å². The van der Waals surface area contributed by atoms with Crippen LogP contribution in [0.1, 0.15) is 11.1 Å². The first-order valence-electron chi connectivity index (χ1n) is 4.01. The molecule has 1 N–H and O–H groups in total. The molecule has 72 valence electrons. The third kappa shape index (κ3) is 1.47. The van der Waals surface area contributed by atoms with E-state index in [0.717, 1.165) is 15.6 Å². The predicted molar refractivity (Wildman–Crippen MR) is 58.5 cm³/mol. The summed E-state index contributed by atoms with van der Waals surface area (Å²) in [5, 5.41) is 9.52. The molecule has 0 bridgehead atoms. The Bertz CT molecular complexity index is 452. The number of carbonyl (C=O) groups is 1. The minimum atomic E-state index is -0.891. The smallest absolute Gasteiger partial charge is 0.335 e. The average molecular weight is 274 g/mol. The van der Waals surface area contributed by atoms with Crippen molar-refractivity contribution in [3.8, 4) is 0 Å². The van der Waals surface area contributed by atoms with Crippen molar-refractivity contribution in [1.29, 1.82) is 0 Å². The van der Waals surface area contributed by atoms with E-state index in [1.807, 2.05) is 0 Å². The van der Waals surface area contributed by atoms with Gasteiger partial charge in [0, 0.05) is 4.47 Å². The summed E-state index contributed by atoms with van der Waals surface area (Å²) in [5.41, 5.74) is 2.08. The van der Waals surface area contributed by atoms with E-state index >= 15 is 0 Å². The summed E-state index contributed by atoms with van der Waals surface area (Å²) >= 11 is 9.18. The first kappa shape index (κ1) is 9.74. The largest absolute Gasteiger partial charge is 0.478 e. The van der Waals surface area contributed by atoms with Crippen LogP contribution < -0.4 is 0 Å². The van der Waals surface area contributed by atoms with Crippen molar-refractivity contribution in [2.75, 3.05) is 0 Å². The van der Waals surface area contributed by atoms with E-state index in [1.54, 1.807) is 18.2 Å². The van der Waals surface area contributed by atoms with Gasteiger partial charge in [0.25, 0.3) is 0 Å². The third-order valence-corrected chi connectivity index (χ3v) is 3.39. The molecular formula is C10H6BrClO2. The number of aliphatic carboxylic acids is 1. The van der Waals surface area contributed by atoms with E-state index in [9.17, 15) is 4.79 Å². The normalized spacial score (nSPS) is 13.7. The Hall–Kier alpha value is -0.800. The maximum Gasteiger partial charge on any atom is 0.335 e. The maximum absolute atomic E-state index is 10.8. The Morgan fingerprint density at radius 1 is 1.50 bits per heavy atom. The van der Waals surface area contributed by atoms with Crippen LogP contribution in [0.3, 0.4) is 0 Å². The molecule has 1 aromatic carbocycles. The van der Waals surface area contributed by atoms with Gasteiger partial charge in [0.2, 0.25) is 0 Å². The highest BCUT2D eigenvalue weighted by Crippen LogP contribution is 2.34. The summed E-state index contributed by atoms with van der Waals surface area (Å²) in [4.78, 5) is 10.8. The molecule has 2 rings (SSSR count). The van der Waals surface area contributed by atoms with Gasteiger partial charge in [-0.25, -0.2) is 4.79 Å². The number of rotatable bonds is 1. The second kappa shape index (κ2) is 3.41. The topological polar surface area (TPSA) is 37.3 Å². The quantitative estimate of drug-likeness (QED) is 0.853. The molecule has 0 fully saturated rings. The van der Waals surface area contributed by atoms with Crippen molar-refractivity contribution in [3.05, 3.63) is 38.8 Å². The van der Waals surface area contributed by atoms with Gasteiger partial charge in [-0.15, -0.1) is 0 Å². The molecule has 0 saturated carbocycles. The second-order valence-corrected chi connectivity index (χ2v) is 4.31.